The molecule has 0 radical (unpaired) electrons. The molecule has 0 saturated carbocycles. The van der Waals surface area contributed by atoms with Crippen molar-refractivity contribution in [2.75, 3.05) is 11.9 Å². The number of hydrogen-bond acceptors (Lipinski definition) is 2. The average molecular weight is 269 g/mol. The molecule has 0 fully saturated rings. The van der Waals surface area contributed by atoms with Gasteiger partial charge in [0, 0.05) is 43.8 Å². The van der Waals surface area contributed by atoms with Gasteiger partial charge in [-0.2, -0.15) is 0 Å². The van der Waals surface area contributed by atoms with Gasteiger partial charge in [-0.05, 0) is 48.2 Å². The number of nitrogens with one attached hydrogen (secondary N) is 2. The molecule has 1 amide bonds. The minimum Gasteiger partial charge on any atom is -0.385 e. The van der Waals surface area contributed by atoms with E-state index in [0.717, 1.165) is 36.2 Å². The van der Waals surface area contributed by atoms with Gasteiger partial charge in [-0.3, -0.25) is 4.79 Å². The van der Waals surface area contributed by atoms with Crippen LogP contribution in [0, 0.1) is 0 Å². The van der Waals surface area contributed by atoms with Crippen molar-refractivity contribution in [2.24, 2.45) is 7.05 Å². The van der Waals surface area contributed by atoms with Crippen LogP contribution >= 0.6 is 0 Å². The number of aromatic nitrogens is 1. The second kappa shape index (κ2) is 5.41. The molecule has 1 aromatic heterocycles. The van der Waals surface area contributed by atoms with Gasteiger partial charge in [0.15, 0.2) is 0 Å². The second-order valence-corrected chi connectivity index (χ2v) is 5.27. The zero-order valence-electron chi connectivity index (χ0n) is 11.6. The van der Waals surface area contributed by atoms with E-state index < -0.39 is 0 Å². The van der Waals surface area contributed by atoms with Gasteiger partial charge in [0.05, 0.1) is 0 Å². The number of anilines is 1. The Morgan fingerprint density at radius 1 is 1.40 bits per heavy atom. The molecule has 0 unspecified atom stereocenters. The van der Waals surface area contributed by atoms with Crippen LogP contribution in [0.25, 0.3) is 0 Å². The lowest BCUT2D eigenvalue weighted by Crippen LogP contribution is -2.23. The van der Waals surface area contributed by atoms with E-state index in [1.165, 1.54) is 5.56 Å². The van der Waals surface area contributed by atoms with E-state index in [-0.39, 0.29) is 5.91 Å². The summed E-state index contributed by atoms with van der Waals surface area (Å²) in [6.07, 6.45) is 6.16. The number of carbonyl (C=O) groups excluding carboxylic acids is 1. The van der Waals surface area contributed by atoms with Gasteiger partial charge in [-0.1, -0.05) is 0 Å². The number of carbonyl (C=O) groups is 1. The van der Waals surface area contributed by atoms with Crippen molar-refractivity contribution in [1.82, 2.24) is 9.88 Å². The lowest BCUT2D eigenvalue weighted by atomic mass is 10.0. The lowest BCUT2D eigenvalue weighted by molar-refractivity contribution is 0.0951. The van der Waals surface area contributed by atoms with Crippen LogP contribution in [0.15, 0.2) is 36.7 Å². The molecular formula is C16H19N3O. The van der Waals surface area contributed by atoms with Gasteiger partial charge in [0.2, 0.25) is 0 Å². The summed E-state index contributed by atoms with van der Waals surface area (Å²) in [7, 11) is 1.97. The summed E-state index contributed by atoms with van der Waals surface area (Å²) in [5, 5.41) is 6.32. The van der Waals surface area contributed by atoms with Crippen LogP contribution in [-0.2, 0) is 20.0 Å². The van der Waals surface area contributed by atoms with Crippen LogP contribution in [0.4, 0.5) is 5.69 Å². The van der Waals surface area contributed by atoms with Crippen LogP contribution < -0.4 is 10.6 Å². The molecule has 2 N–H and O–H groups in total. The highest BCUT2D eigenvalue weighted by Gasteiger charge is 2.12. The summed E-state index contributed by atoms with van der Waals surface area (Å²) < 4.78 is 1.98. The summed E-state index contributed by atoms with van der Waals surface area (Å²) in [6.45, 7) is 1.58. The van der Waals surface area contributed by atoms with E-state index in [0.29, 0.717) is 6.54 Å². The van der Waals surface area contributed by atoms with E-state index in [9.17, 15) is 4.79 Å². The predicted molar refractivity (Wildman–Crippen MR) is 79.8 cm³/mol. The van der Waals surface area contributed by atoms with Gasteiger partial charge in [-0.25, -0.2) is 0 Å². The highest BCUT2D eigenvalue weighted by Crippen LogP contribution is 2.22. The topological polar surface area (TPSA) is 46.1 Å². The number of rotatable bonds is 3. The number of hydrogen-bond donors (Lipinski definition) is 2. The maximum absolute atomic E-state index is 12.2. The Labute approximate surface area is 118 Å². The molecule has 0 spiro atoms. The largest absolute Gasteiger partial charge is 0.385 e. The molecule has 4 nitrogen and oxygen atoms in total. The van der Waals surface area contributed by atoms with Gasteiger partial charge in [0.1, 0.15) is 0 Å². The summed E-state index contributed by atoms with van der Waals surface area (Å²) in [4.78, 5) is 12.2. The van der Waals surface area contributed by atoms with E-state index in [2.05, 4.69) is 10.6 Å². The molecule has 20 heavy (non-hydrogen) atoms. The number of nitrogens with zero attached hydrogens (tertiary/aromatic N) is 1. The molecule has 2 aromatic rings. The Morgan fingerprint density at radius 3 is 3.10 bits per heavy atom. The minimum absolute atomic E-state index is 0.0118. The van der Waals surface area contributed by atoms with Crippen LogP contribution in [0.1, 0.15) is 27.9 Å². The Hall–Kier alpha value is -2.23. The van der Waals surface area contributed by atoms with Gasteiger partial charge in [0.25, 0.3) is 5.91 Å². The molecular weight excluding hydrogens is 250 g/mol. The van der Waals surface area contributed by atoms with Crippen molar-refractivity contribution in [2.45, 2.75) is 19.4 Å². The SMILES string of the molecule is Cn1ccc(CNC(=O)c2ccc3c(c2)CCCN3)c1. The number of benzene rings is 1. The zero-order valence-corrected chi connectivity index (χ0v) is 11.6. The smallest absolute Gasteiger partial charge is 0.251 e. The van der Waals surface area contributed by atoms with Gasteiger partial charge in [-0.15, -0.1) is 0 Å². The van der Waals surface area contributed by atoms with Crippen LogP contribution in [0.2, 0.25) is 0 Å². The van der Waals surface area contributed by atoms with Crippen molar-refractivity contribution in [3.8, 4) is 0 Å². The first kappa shape index (κ1) is 12.8. The number of aryl methyl sites for hydroxylation is 2. The lowest BCUT2D eigenvalue weighted by Gasteiger charge is -2.18. The average Bonchev–Trinajstić information content (AvgIpc) is 2.90. The standard InChI is InChI=1S/C16H19N3O/c1-19-8-6-12(11-19)10-18-16(20)14-4-5-15-13(9-14)3-2-7-17-15/h4-6,8-9,11,17H,2-3,7,10H2,1H3,(H,18,20). The Kier molecular flexibility index (Phi) is 3.46. The molecule has 0 atom stereocenters. The third-order valence-electron chi connectivity index (χ3n) is 3.65. The van der Waals surface area contributed by atoms with Crippen molar-refractivity contribution >= 4 is 11.6 Å². The van der Waals surface area contributed by atoms with Crippen molar-refractivity contribution in [3.63, 3.8) is 0 Å². The molecule has 104 valence electrons. The third kappa shape index (κ3) is 2.69. The van der Waals surface area contributed by atoms with E-state index >= 15 is 0 Å². The molecule has 1 aliphatic heterocycles. The summed E-state index contributed by atoms with van der Waals surface area (Å²) in [5.74, 6) is -0.0118. The highest BCUT2D eigenvalue weighted by atomic mass is 16.1. The third-order valence-corrected chi connectivity index (χ3v) is 3.65. The fourth-order valence-corrected chi connectivity index (χ4v) is 2.57. The molecule has 1 aliphatic rings. The first-order valence-corrected chi connectivity index (χ1v) is 6.98. The molecule has 0 saturated heterocycles. The summed E-state index contributed by atoms with van der Waals surface area (Å²) >= 11 is 0. The quantitative estimate of drug-likeness (QED) is 0.898. The summed E-state index contributed by atoms with van der Waals surface area (Å²) in [5.41, 5.74) is 4.25. The van der Waals surface area contributed by atoms with Gasteiger partial charge < -0.3 is 15.2 Å². The first-order chi connectivity index (χ1) is 9.72. The maximum atomic E-state index is 12.2. The van der Waals surface area contributed by atoms with Crippen LogP contribution in [-0.4, -0.2) is 17.0 Å². The molecule has 1 aromatic carbocycles. The Morgan fingerprint density at radius 2 is 2.30 bits per heavy atom. The monoisotopic (exact) mass is 269 g/mol. The molecule has 4 heteroatoms. The molecule has 3 rings (SSSR count). The van der Waals surface area contributed by atoms with Crippen LogP contribution in [0.5, 0.6) is 0 Å². The predicted octanol–water partition coefficient (Wildman–Crippen LogP) is 2.31. The van der Waals surface area contributed by atoms with Crippen molar-refractivity contribution < 1.29 is 4.79 Å². The zero-order chi connectivity index (χ0) is 13.9. The Balaban J connectivity index is 1.67. The van der Waals surface area contributed by atoms with Crippen LogP contribution in [0.3, 0.4) is 0 Å². The first-order valence-electron chi connectivity index (χ1n) is 6.98. The van der Waals surface area contributed by atoms with Crippen molar-refractivity contribution in [1.29, 1.82) is 0 Å². The van der Waals surface area contributed by atoms with Crippen molar-refractivity contribution in [3.05, 3.63) is 53.3 Å². The fraction of sp³-hybridized carbons (Fsp3) is 0.312. The highest BCUT2D eigenvalue weighted by molar-refractivity contribution is 5.94. The second-order valence-electron chi connectivity index (χ2n) is 5.27. The Bertz CT molecular complexity index is 630. The molecule has 0 aliphatic carbocycles. The van der Waals surface area contributed by atoms with E-state index in [1.807, 2.05) is 48.3 Å². The summed E-state index contributed by atoms with van der Waals surface area (Å²) in [6, 6.07) is 7.91. The minimum atomic E-state index is -0.0118. The fourth-order valence-electron chi connectivity index (χ4n) is 2.57. The number of fused-ring (bicyclic) bond motifs is 1. The normalized spacial score (nSPS) is 13.4. The van der Waals surface area contributed by atoms with Gasteiger partial charge >= 0.3 is 0 Å². The maximum Gasteiger partial charge on any atom is 0.251 e. The molecule has 0 bridgehead atoms. The molecule has 2 heterocycles. The number of amides is 1. The van der Waals surface area contributed by atoms with E-state index in [1.54, 1.807) is 0 Å². The van der Waals surface area contributed by atoms with E-state index in [4.69, 9.17) is 0 Å².